The van der Waals surface area contributed by atoms with Gasteiger partial charge in [0.1, 0.15) is 5.02 Å². The lowest BCUT2D eigenvalue weighted by Gasteiger charge is -2.30. The van der Waals surface area contributed by atoms with Gasteiger partial charge in [0.15, 0.2) is 0 Å². The average molecular weight is 500 g/mol. The highest BCUT2D eigenvalue weighted by Gasteiger charge is 2.33. The van der Waals surface area contributed by atoms with Gasteiger partial charge in [-0.05, 0) is 48.2 Å². The molecule has 1 aliphatic heterocycles. The molecule has 4 rings (SSSR count). The molecule has 1 amide bonds. The molecule has 34 heavy (non-hydrogen) atoms. The Bertz CT molecular complexity index is 1310. The number of carbonyl (C=O) groups excluding carboxylic acids is 1. The minimum atomic E-state index is -3.94. The molecule has 0 unspecified atom stereocenters. The van der Waals surface area contributed by atoms with Crippen molar-refractivity contribution in [1.82, 2.24) is 4.31 Å². The number of sulfonamides is 1. The van der Waals surface area contributed by atoms with Crippen LogP contribution in [-0.4, -0.2) is 36.6 Å². The molecule has 8 nitrogen and oxygen atoms in total. The Morgan fingerprint density at radius 1 is 0.971 bits per heavy atom. The molecule has 1 aliphatic rings. The normalized spacial score (nSPS) is 15.1. The van der Waals surface area contributed by atoms with Crippen LogP contribution in [0.15, 0.2) is 77.7 Å². The number of anilines is 1. The van der Waals surface area contributed by atoms with E-state index in [2.05, 4.69) is 5.32 Å². The van der Waals surface area contributed by atoms with Gasteiger partial charge in [0.25, 0.3) is 5.69 Å². The van der Waals surface area contributed by atoms with Gasteiger partial charge in [-0.25, -0.2) is 8.42 Å². The Labute approximate surface area is 202 Å². The molecule has 10 heteroatoms. The topological polar surface area (TPSA) is 110 Å². The highest BCUT2D eigenvalue weighted by molar-refractivity contribution is 7.89. The van der Waals surface area contributed by atoms with Crippen LogP contribution in [0.2, 0.25) is 5.02 Å². The van der Waals surface area contributed by atoms with E-state index in [1.165, 1.54) is 16.4 Å². The number of halogens is 1. The SMILES string of the molecule is O=C(Nc1ccc(-c2ccccc2)cc1)C1CCN(S(=O)(=O)c2ccc(Cl)c([N+](=O)[O-])c2)CC1. The van der Waals surface area contributed by atoms with Gasteiger partial charge < -0.3 is 5.32 Å². The first kappa shape index (κ1) is 23.9. The predicted molar refractivity (Wildman–Crippen MR) is 130 cm³/mol. The summed E-state index contributed by atoms with van der Waals surface area (Å²) in [6, 6.07) is 20.9. The van der Waals surface area contributed by atoms with Crippen LogP contribution in [-0.2, 0) is 14.8 Å². The summed E-state index contributed by atoms with van der Waals surface area (Å²) in [5.74, 6) is -0.494. The largest absolute Gasteiger partial charge is 0.326 e. The molecule has 0 spiro atoms. The molecular weight excluding hydrogens is 478 g/mol. The number of nitro groups is 1. The van der Waals surface area contributed by atoms with Crippen molar-refractivity contribution in [2.24, 2.45) is 5.92 Å². The van der Waals surface area contributed by atoms with E-state index >= 15 is 0 Å². The molecule has 3 aromatic rings. The Balaban J connectivity index is 1.37. The monoisotopic (exact) mass is 499 g/mol. The van der Waals surface area contributed by atoms with Crippen LogP contribution in [0.3, 0.4) is 0 Å². The molecule has 176 valence electrons. The van der Waals surface area contributed by atoms with Crippen LogP contribution in [0.1, 0.15) is 12.8 Å². The molecule has 0 bridgehead atoms. The molecule has 1 heterocycles. The lowest BCUT2D eigenvalue weighted by atomic mass is 9.97. The van der Waals surface area contributed by atoms with Crippen molar-refractivity contribution >= 4 is 38.9 Å². The molecule has 0 aliphatic carbocycles. The second-order valence-electron chi connectivity index (χ2n) is 7.98. The van der Waals surface area contributed by atoms with Gasteiger partial charge in [-0.3, -0.25) is 14.9 Å². The molecule has 0 saturated carbocycles. The molecule has 1 saturated heterocycles. The molecule has 0 aromatic heterocycles. The van der Waals surface area contributed by atoms with Crippen molar-refractivity contribution in [3.05, 3.63) is 87.9 Å². The van der Waals surface area contributed by atoms with Crippen molar-refractivity contribution in [2.75, 3.05) is 18.4 Å². The first-order valence-electron chi connectivity index (χ1n) is 10.7. The van der Waals surface area contributed by atoms with Crippen LogP contribution in [0.4, 0.5) is 11.4 Å². The first-order valence-corrected chi connectivity index (χ1v) is 12.5. The summed E-state index contributed by atoms with van der Waals surface area (Å²) < 4.78 is 27.1. The van der Waals surface area contributed by atoms with Gasteiger partial charge in [-0.1, -0.05) is 54.1 Å². The molecule has 3 aromatic carbocycles. The minimum absolute atomic E-state index is 0.129. The number of rotatable bonds is 6. The highest BCUT2D eigenvalue weighted by atomic mass is 35.5. The predicted octanol–water partition coefficient (Wildman–Crippen LogP) is 4.95. The summed E-state index contributed by atoms with van der Waals surface area (Å²) in [5.41, 5.74) is 2.34. The van der Waals surface area contributed by atoms with E-state index in [0.717, 1.165) is 17.2 Å². The fourth-order valence-electron chi connectivity index (χ4n) is 3.92. The summed E-state index contributed by atoms with van der Waals surface area (Å²) in [7, 11) is -3.94. The van der Waals surface area contributed by atoms with Gasteiger partial charge in [0, 0.05) is 30.8 Å². The van der Waals surface area contributed by atoms with E-state index in [4.69, 9.17) is 11.6 Å². The van der Waals surface area contributed by atoms with Crippen molar-refractivity contribution in [1.29, 1.82) is 0 Å². The van der Waals surface area contributed by atoms with Crippen molar-refractivity contribution in [3.63, 3.8) is 0 Å². The Morgan fingerprint density at radius 2 is 1.59 bits per heavy atom. The summed E-state index contributed by atoms with van der Waals surface area (Å²) in [5, 5.41) is 13.9. The number of hydrogen-bond donors (Lipinski definition) is 1. The van der Waals surface area contributed by atoms with Crippen molar-refractivity contribution in [3.8, 4) is 11.1 Å². The van der Waals surface area contributed by atoms with Crippen LogP contribution >= 0.6 is 11.6 Å². The maximum Gasteiger partial charge on any atom is 0.289 e. The molecule has 1 N–H and O–H groups in total. The second-order valence-corrected chi connectivity index (χ2v) is 10.3. The van der Waals surface area contributed by atoms with Crippen molar-refractivity contribution in [2.45, 2.75) is 17.7 Å². The van der Waals surface area contributed by atoms with E-state index in [1.54, 1.807) is 0 Å². The smallest absolute Gasteiger partial charge is 0.289 e. The maximum absolute atomic E-state index is 12.9. The van der Waals surface area contributed by atoms with Crippen LogP contribution in [0.5, 0.6) is 0 Å². The van der Waals surface area contributed by atoms with E-state index in [-0.39, 0.29) is 34.8 Å². The fourth-order valence-corrected chi connectivity index (χ4v) is 5.60. The second kappa shape index (κ2) is 9.92. The summed E-state index contributed by atoms with van der Waals surface area (Å²) >= 11 is 5.79. The molecule has 1 fully saturated rings. The zero-order valence-electron chi connectivity index (χ0n) is 18.1. The average Bonchev–Trinajstić information content (AvgIpc) is 2.85. The third-order valence-corrected chi connectivity index (χ3v) is 8.05. The third kappa shape index (κ3) is 5.11. The van der Waals surface area contributed by atoms with E-state index in [0.29, 0.717) is 18.5 Å². The Kier molecular flexibility index (Phi) is 6.97. The van der Waals surface area contributed by atoms with Crippen LogP contribution in [0, 0.1) is 16.0 Å². The third-order valence-electron chi connectivity index (χ3n) is 5.84. The Hall–Kier alpha value is -3.27. The lowest BCUT2D eigenvalue weighted by molar-refractivity contribution is -0.384. The molecule has 0 radical (unpaired) electrons. The highest BCUT2D eigenvalue weighted by Crippen LogP contribution is 2.30. The van der Waals surface area contributed by atoms with Gasteiger partial charge >= 0.3 is 0 Å². The zero-order chi connectivity index (χ0) is 24.3. The number of hydrogen-bond acceptors (Lipinski definition) is 5. The number of nitro benzene ring substituents is 1. The van der Waals surface area contributed by atoms with Crippen LogP contribution in [0.25, 0.3) is 11.1 Å². The van der Waals surface area contributed by atoms with Gasteiger partial charge in [0.2, 0.25) is 15.9 Å². The van der Waals surface area contributed by atoms with Gasteiger partial charge in [-0.2, -0.15) is 4.31 Å². The zero-order valence-corrected chi connectivity index (χ0v) is 19.6. The van der Waals surface area contributed by atoms with Crippen molar-refractivity contribution < 1.29 is 18.1 Å². The number of piperidine rings is 1. The summed E-state index contributed by atoms with van der Waals surface area (Å²) in [4.78, 5) is 22.9. The number of carbonyl (C=O) groups is 1. The fraction of sp³-hybridized carbons (Fsp3) is 0.208. The minimum Gasteiger partial charge on any atom is -0.326 e. The number of amides is 1. The van der Waals surface area contributed by atoms with Gasteiger partial charge in [0.05, 0.1) is 9.82 Å². The lowest BCUT2D eigenvalue weighted by Crippen LogP contribution is -2.41. The van der Waals surface area contributed by atoms with E-state index < -0.39 is 20.6 Å². The molecular formula is C24H22ClN3O5S. The first-order chi connectivity index (χ1) is 16.3. The van der Waals surface area contributed by atoms with Gasteiger partial charge in [-0.15, -0.1) is 0 Å². The number of nitrogens with one attached hydrogen (secondary N) is 1. The molecule has 0 atom stereocenters. The van der Waals surface area contributed by atoms with E-state index in [9.17, 15) is 23.3 Å². The van der Waals surface area contributed by atoms with E-state index in [1.807, 2.05) is 54.6 Å². The quantitative estimate of drug-likeness (QED) is 0.381. The summed E-state index contributed by atoms with van der Waals surface area (Å²) in [6.07, 6.45) is 0.700. The number of nitrogens with zero attached hydrogens (tertiary/aromatic N) is 2. The standard InChI is InChI=1S/C24H22ClN3O5S/c25-22-11-10-21(16-23(22)28(30)31)34(32,33)27-14-12-19(13-15-27)24(29)26-20-8-6-18(7-9-20)17-4-2-1-3-5-17/h1-11,16,19H,12-15H2,(H,26,29). The summed E-state index contributed by atoms with van der Waals surface area (Å²) in [6.45, 7) is 0.285. The Morgan fingerprint density at radius 3 is 2.21 bits per heavy atom. The van der Waals surface area contributed by atoms with Crippen LogP contribution < -0.4 is 5.32 Å². The maximum atomic E-state index is 12.9. The number of benzene rings is 3.